The van der Waals surface area contributed by atoms with Crippen LogP contribution in [-0.4, -0.2) is 45.0 Å². The topological polar surface area (TPSA) is 123 Å². The minimum Gasteiger partial charge on any atom is -0.448 e. The SMILES string of the molecule is C[C@@]1(c2cnccn2)NC(=O)N(CC(=O)Nc2ccc3c(c2)OC2(CCCCC2)O3)C1=O. The van der Waals surface area contributed by atoms with E-state index in [1.807, 2.05) is 0 Å². The summed E-state index contributed by atoms with van der Waals surface area (Å²) < 4.78 is 12.1. The number of amides is 4. The predicted octanol–water partition coefficient (Wildman–Crippen LogP) is 2.31. The molecule has 1 saturated carbocycles. The Kier molecular flexibility index (Phi) is 4.72. The lowest BCUT2D eigenvalue weighted by molar-refractivity contribution is -0.133. The second-order valence-electron chi connectivity index (χ2n) is 8.42. The zero-order valence-corrected chi connectivity index (χ0v) is 17.6. The molecule has 0 bridgehead atoms. The van der Waals surface area contributed by atoms with E-state index in [4.69, 9.17) is 9.47 Å². The fourth-order valence-corrected chi connectivity index (χ4v) is 4.38. The molecule has 3 aliphatic rings. The first-order chi connectivity index (χ1) is 15.4. The number of imide groups is 1. The van der Waals surface area contributed by atoms with Crippen LogP contribution in [0.4, 0.5) is 10.5 Å². The molecule has 1 aliphatic carbocycles. The van der Waals surface area contributed by atoms with Gasteiger partial charge in [-0.25, -0.2) is 4.79 Å². The monoisotopic (exact) mass is 437 g/mol. The third-order valence-electron chi connectivity index (χ3n) is 6.09. The summed E-state index contributed by atoms with van der Waals surface area (Å²) in [4.78, 5) is 46.9. The van der Waals surface area contributed by atoms with E-state index in [9.17, 15) is 14.4 Å². The van der Waals surface area contributed by atoms with Gasteiger partial charge in [-0.15, -0.1) is 0 Å². The largest absolute Gasteiger partial charge is 0.448 e. The number of carbonyl (C=O) groups excluding carboxylic acids is 3. The standard InChI is InChI=1S/C22H23N5O5/c1-21(17-12-23-9-10-24-17)19(29)27(20(30)26-21)13-18(28)25-14-5-6-15-16(11-14)32-22(31-15)7-3-2-4-8-22/h5-6,9-12H,2-4,7-8,13H2,1H3,(H,25,28)(H,26,30)/t21-/m0/s1. The van der Waals surface area contributed by atoms with Crippen molar-refractivity contribution in [3.8, 4) is 11.5 Å². The summed E-state index contributed by atoms with van der Waals surface area (Å²) in [6.45, 7) is 1.10. The molecule has 1 saturated heterocycles. The van der Waals surface area contributed by atoms with E-state index in [1.165, 1.54) is 31.9 Å². The summed E-state index contributed by atoms with van der Waals surface area (Å²) in [5, 5.41) is 5.32. The molecule has 32 heavy (non-hydrogen) atoms. The third-order valence-corrected chi connectivity index (χ3v) is 6.09. The Hall–Kier alpha value is -3.69. The van der Waals surface area contributed by atoms with Gasteiger partial charge in [-0.05, 0) is 31.9 Å². The number of nitrogens with one attached hydrogen (secondary N) is 2. The van der Waals surface area contributed by atoms with Crippen LogP contribution in [0.1, 0.15) is 44.7 Å². The van der Waals surface area contributed by atoms with Gasteiger partial charge in [0.2, 0.25) is 5.91 Å². The normalized spacial score (nSPS) is 23.3. The Labute approximate surface area is 184 Å². The summed E-state index contributed by atoms with van der Waals surface area (Å²) in [5.41, 5.74) is -0.582. The molecule has 1 spiro atoms. The number of nitrogens with zero attached hydrogens (tertiary/aromatic N) is 3. The van der Waals surface area contributed by atoms with Gasteiger partial charge in [0, 0.05) is 37.0 Å². The summed E-state index contributed by atoms with van der Waals surface area (Å²) in [7, 11) is 0. The van der Waals surface area contributed by atoms with Gasteiger partial charge < -0.3 is 20.1 Å². The maximum absolute atomic E-state index is 12.9. The minimum absolute atomic E-state index is 0.300. The van der Waals surface area contributed by atoms with Gasteiger partial charge in [-0.1, -0.05) is 6.42 Å². The number of ether oxygens (including phenoxy) is 2. The first-order valence-corrected chi connectivity index (χ1v) is 10.6. The highest BCUT2D eigenvalue weighted by Crippen LogP contribution is 2.46. The van der Waals surface area contributed by atoms with E-state index in [1.54, 1.807) is 18.2 Å². The Morgan fingerprint density at radius 1 is 1.16 bits per heavy atom. The fraction of sp³-hybridized carbons (Fsp3) is 0.409. The maximum atomic E-state index is 12.9. The minimum atomic E-state index is -1.38. The van der Waals surface area contributed by atoms with Crippen LogP contribution >= 0.6 is 0 Å². The van der Waals surface area contributed by atoms with Crippen LogP contribution < -0.4 is 20.1 Å². The lowest BCUT2D eigenvalue weighted by Gasteiger charge is -2.31. The van der Waals surface area contributed by atoms with Crippen LogP contribution in [0.15, 0.2) is 36.8 Å². The summed E-state index contributed by atoms with van der Waals surface area (Å²) >= 11 is 0. The molecule has 1 atom stereocenters. The smallest absolute Gasteiger partial charge is 0.325 e. The molecule has 2 aliphatic heterocycles. The van der Waals surface area contributed by atoms with Crippen molar-refractivity contribution in [2.24, 2.45) is 0 Å². The zero-order chi connectivity index (χ0) is 22.3. The van der Waals surface area contributed by atoms with E-state index in [0.717, 1.165) is 30.6 Å². The van der Waals surface area contributed by atoms with Crippen LogP contribution in [-0.2, 0) is 15.1 Å². The number of aromatic nitrogens is 2. The van der Waals surface area contributed by atoms with Crippen LogP contribution in [0, 0.1) is 0 Å². The molecule has 0 radical (unpaired) electrons. The number of carbonyl (C=O) groups is 3. The maximum Gasteiger partial charge on any atom is 0.325 e. The van der Waals surface area contributed by atoms with Gasteiger partial charge in [0.05, 0.1) is 11.9 Å². The molecule has 2 N–H and O–H groups in total. The van der Waals surface area contributed by atoms with Gasteiger partial charge in [-0.3, -0.25) is 24.5 Å². The molecular formula is C22H23N5O5. The van der Waals surface area contributed by atoms with Crippen molar-refractivity contribution in [1.82, 2.24) is 20.2 Å². The summed E-state index contributed by atoms with van der Waals surface area (Å²) in [6.07, 6.45) is 9.26. The van der Waals surface area contributed by atoms with Gasteiger partial charge in [0.15, 0.2) is 17.0 Å². The molecule has 10 heteroatoms. The molecule has 1 aromatic heterocycles. The van der Waals surface area contributed by atoms with E-state index in [0.29, 0.717) is 22.9 Å². The van der Waals surface area contributed by atoms with Crippen LogP contribution in [0.25, 0.3) is 0 Å². The van der Waals surface area contributed by atoms with E-state index < -0.39 is 35.7 Å². The molecule has 0 unspecified atom stereocenters. The summed E-state index contributed by atoms with van der Waals surface area (Å²) in [6, 6.07) is 4.50. The fourth-order valence-electron chi connectivity index (χ4n) is 4.38. The number of benzene rings is 1. The van der Waals surface area contributed by atoms with E-state index >= 15 is 0 Å². The zero-order valence-electron chi connectivity index (χ0n) is 17.6. The Bertz CT molecular complexity index is 1090. The number of rotatable bonds is 4. The molecule has 1 aromatic carbocycles. The number of anilines is 1. The lowest BCUT2D eigenvalue weighted by atomic mass is 9.94. The Morgan fingerprint density at radius 3 is 2.69 bits per heavy atom. The molecule has 10 nitrogen and oxygen atoms in total. The molecular weight excluding hydrogens is 414 g/mol. The van der Waals surface area contributed by atoms with Gasteiger partial charge >= 0.3 is 6.03 Å². The average Bonchev–Trinajstić information content (AvgIpc) is 3.24. The van der Waals surface area contributed by atoms with Crippen molar-refractivity contribution in [3.05, 3.63) is 42.5 Å². The molecule has 166 valence electrons. The van der Waals surface area contributed by atoms with Crippen molar-refractivity contribution >= 4 is 23.5 Å². The molecule has 2 fully saturated rings. The summed E-state index contributed by atoms with van der Waals surface area (Å²) in [5.74, 6) is -0.450. The highest BCUT2D eigenvalue weighted by molar-refractivity contribution is 6.10. The predicted molar refractivity (Wildman–Crippen MR) is 112 cm³/mol. The lowest BCUT2D eigenvalue weighted by Crippen LogP contribution is -2.42. The highest BCUT2D eigenvalue weighted by atomic mass is 16.7. The van der Waals surface area contributed by atoms with E-state index in [2.05, 4.69) is 20.6 Å². The first-order valence-electron chi connectivity index (χ1n) is 10.6. The number of hydrogen-bond acceptors (Lipinski definition) is 7. The molecule has 5 rings (SSSR count). The second-order valence-corrected chi connectivity index (χ2v) is 8.42. The van der Waals surface area contributed by atoms with Crippen molar-refractivity contribution in [2.45, 2.75) is 50.4 Å². The van der Waals surface area contributed by atoms with Crippen LogP contribution in [0.5, 0.6) is 11.5 Å². The van der Waals surface area contributed by atoms with Crippen molar-refractivity contribution in [3.63, 3.8) is 0 Å². The Balaban J connectivity index is 1.26. The average molecular weight is 437 g/mol. The number of urea groups is 1. The molecule has 3 heterocycles. The van der Waals surface area contributed by atoms with E-state index in [-0.39, 0.29) is 0 Å². The highest BCUT2D eigenvalue weighted by Gasteiger charge is 2.50. The number of fused-ring (bicyclic) bond motifs is 1. The number of hydrogen-bond donors (Lipinski definition) is 2. The van der Waals surface area contributed by atoms with Crippen molar-refractivity contribution in [1.29, 1.82) is 0 Å². The van der Waals surface area contributed by atoms with Gasteiger partial charge in [0.25, 0.3) is 11.7 Å². The first kappa shape index (κ1) is 20.2. The van der Waals surface area contributed by atoms with Crippen molar-refractivity contribution in [2.75, 3.05) is 11.9 Å². The van der Waals surface area contributed by atoms with Crippen LogP contribution in [0.2, 0.25) is 0 Å². The molecule has 2 aromatic rings. The Morgan fingerprint density at radius 2 is 1.94 bits per heavy atom. The third kappa shape index (κ3) is 3.41. The second kappa shape index (κ2) is 7.47. The molecule has 4 amide bonds. The van der Waals surface area contributed by atoms with Crippen molar-refractivity contribution < 1.29 is 23.9 Å². The van der Waals surface area contributed by atoms with Gasteiger partial charge in [-0.2, -0.15) is 0 Å². The van der Waals surface area contributed by atoms with Gasteiger partial charge in [0.1, 0.15) is 6.54 Å². The quantitative estimate of drug-likeness (QED) is 0.704. The van der Waals surface area contributed by atoms with Crippen LogP contribution in [0.3, 0.4) is 0 Å².